The summed E-state index contributed by atoms with van der Waals surface area (Å²) >= 11 is 0. The molecule has 1 aromatic rings. The molecule has 4 N–H and O–H groups in total. The minimum atomic E-state index is -1.76. The van der Waals surface area contributed by atoms with Crippen LogP contribution in [0.15, 0.2) is 18.2 Å². The number of rotatable bonds is 8. The number of nitrogens with zero attached hydrogens (tertiary/aromatic N) is 1. The molecule has 1 aromatic carbocycles. The number of anilines is 1. The van der Waals surface area contributed by atoms with Gasteiger partial charge in [-0.15, -0.1) is 0 Å². The number of carbonyl (C=O) groups excluding carboxylic acids is 3. The Morgan fingerprint density at radius 2 is 2.00 bits per heavy atom. The molecule has 0 saturated carbocycles. The van der Waals surface area contributed by atoms with Gasteiger partial charge in [0.2, 0.25) is 11.8 Å². The second-order valence-electron chi connectivity index (χ2n) is 6.98. The number of halogens is 2. The second-order valence-corrected chi connectivity index (χ2v) is 6.98. The number of hydroxylamine groups is 1. The minimum absolute atomic E-state index is 0.0513. The first-order chi connectivity index (χ1) is 13.8. The molecule has 1 fully saturated rings. The van der Waals surface area contributed by atoms with Crippen LogP contribution < -0.4 is 10.8 Å². The van der Waals surface area contributed by atoms with Gasteiger partial charge in [-0.05, 0) is 31.4 Å². The number of hydrogen-bond donors (Lipinski definition) is 4. The summed E-state index contributed by atoms with van der Waals surface area (Å²) in [5.74, 6) is -5.51. The number of nitrogens with one attached hydrogen (secondary N) is 2. The highest BCUT2D eigenvalue weighted by Gasteiger charge is 2.41. The van der Waals surface area contributed by atoms with Gasteiger partial charge >= 0.3 is 0 Å². The maximum Gasteiger partial charge on any atom is 0.272 e. The maximum atomic E-state index is 13.4. The Morgan fingerprint density at radius 1 is 1.28 bits per heavy atom. The molecule has 0 aliphatic carbocycles. The summed E-state index contributed by atoms with van der Waals surface area (Å²) in [6.07, 6.45) is 0.615. The van der Waals surface area contributed by atoms with E-state index in [-0.39, 0.29) is 18.7 Å². The van der Waals surface area contributed by atoms with Gasteiger partial charge in [0.05, 0.1) is 5.92 Å². The van der Waals surface area contributed by atoms with Crippen LogP contribution in [0.1, 0.15) is 39.0 Å². The van der Waals surface area contributed by atoms with Crippen molar-refractivity contribution in [1.82, 2.24) is 10.4 Å². The third kappa shape index (κ3) is 5.48. The predicted octanol–water partition coefficient (Wildman–Crippen LogP) is 1.57. The van der Waals surface area contributed by atoms with Crippen molar-refractivity contribution in [3.8, 4) is 0 Å². The Balaban J connectivity index is 2.15. The SMILES string of the molecule is CCCCC(C(=O)N1CCC[C@H]1C(=O)Nc1ccc(F)c(F)c1)C(O)C(=O)NO. The lowest BCUT2D eigenvalue weighted by Gasteiger charge is -2.30. The molecule has 1 saturated heterocycles. The zero-order valence-corrected chi connectivity index (χ0v) is 16.0. The number of benzene rings is 1. The highest BCUT2D eigenvalue weighted by atomic mass is 19.2. The van der Waals surface area contributed by atoms with Crippen LogP contribution in [0.2, 0.25) is 0 Å². The summed E-state index contributed by atoms with van der Waals surface area (Å²) in [5.41, 5.74) is 1.39. The van der Waals surface area contributed by atoms with Crippen LogP contribution >= 0.6 is 0 Å². The topological polar surface area (TPSA) is 119 Å². The average Bonchev–Trinajstić information content (AvgIpc) is 3.20. The van der Waals surface area contributed by atoms with Crippen molar-refractivity contribution in [3.63, 3.8) is 0 Å². The van der Waals surface area contributed by atoms with E-state index in [0.29, 0.717) is 19.3 Å². The molecular weight excluding hydrogens is 388 g/mol. The molecule has 2 rings (SSSR count). The second kappa shape index (κ2) is 10.3. The lowest BCUT2D eigenvalue weighted by molar-refractivity contribution is -0.152. The van der Waals surface area contributed by atoms with Crippen LogP contribution in [0.4, 0.5) is 14.5 Å². The van der Waals surface area contributed by atoms with E-state index < -0.39 is 47.4 Å². The van der Waals surface area contributed by atoms with Gasteiger partial charge in [0.15, 0.2) is 11.6 Å². The van der Waals surface area contributed by atoms with Crippen LogP contribution in [0, 0.1) is 17.6 Å². The van der Waals surface area contributed by atoms with Crippen molar-refractivity contribution < 1.29 is 33.5 Å². The first kappa shape index (κ1) is 22.7. The smallest absolute Gasteiger partial charge is 0.272 e. The number of aliphatic hydroxyl groups excluding tert-OH is 1. The Bertz CT molecular complexity index is 761. The van der Waals surface area contributed by atoms with Gasteiger partial charge in [-0.25, -0.2) is 14.3 Å². The van der Waals surface area contributed by atoms with E-state index in [1.807, 2.05) is 6.92 Å². The molecular formula is C19H25F2N3O5. The van der Waals surface area contributed by atoms with Gasteiger partial charge in [0.1, 0.15) is 12.1 Å². The van der Waals surface area contributed by atoms with Gasteiger partial charge in [-0.3, -0.25) is 19.6 Å². The minimum Gasteiger partial charge on any atom is -0.382 e. The molecule has 2 unspecified atom stereocenters. The standard InChI is InChI=1S/C19H25F2N3O5/c1-2-3-5-12(16(25)18(27)23-29)19(28)24-9-4-6-15(24)17(26)22-11-7-8-13(20)14(21)10-11/h7-8,10,12,15-16,25,29H,2-6,9H2,1H3,(H,22,26)(H,23,27)/t12?,15-,16?/m0/s1. The molecule has 1 heterocycles. The lowest BCUT2D eigenvalue weighted by Crippen LogP contribution is -2.50. The van der Waals surface area contributed by atoms with E-state index in [9.17, 15) is 28.3 Å². The van der Waals surface area contributed by atoms with Gasteiger partial charge in [-0.2, -0.15) is 0 Å². The van der Waals surface area contributed by atoms with E-state index in [2.05, 4.69) is 5.32 Å². The van der Waals surface area contributed by atoms with E-state index in [4.69, 9.17) is 5.21 Å². The van der Waals surface area contributed by atoms with Crippen LogP contribution in [-0.4, -0.2) is 51.6 Å². The molecule has 3 amide bonds. The fourth-order valence-electron chi connectivity index (χ4n) is 3.40. The molecule has 160 valence electrons. The summed E-state index contributed by atoms with van der Waals surface area (Å²) in [6, 6.07) is 2.06. The molecule has 0 bridgehead atoms. The summed E-state index contributed by atoms with van der Waals surface area (Å²) in [7, 11) is 0. The summed E-state index contributed by atoms with van der Waals surface area (Å²) < 4.78 is 26.4. The Morgan fingerprint density at radius 3 is 2.62 bits per heavy atom. The number of carbonyl (C=O) groups is 3. The summed E-state index contributed by atoms with van der Waals surface area (Å²) in [4.78, 5) is 38.5. The molecule has 0 radical (unpaired) electrons. The Kier molecular flexibility index (Phi) is 8.03. The van der Waals surface area contributed by atoms with Crippen molar-refractivity contribution in [1.29, 1.82) is 0 Å². The highest BCUT2D eigenvalue weighted by Crippen LogP contribution is 2.25. The summed E-state index contributed by atoms with van der Waals surface area (Å²) in [6.45, 7) is 2.14. The van der Waals surface area contributed by atoms with Crippen LogP contribution in [0.3, 0.4) is 0 Å². The van der Waals surface area contributed by atoms with E-state index in [0.717, 1.165) is 18.6 Å². The highest BCUT2D eigenvalue weighted by molar-refractivity contribution is 5.98. The van der Waals surface area contributed by atoms with Gasteiger partial charge in [0, 0.05) is 18.3 Å². The molecule has 8 nitrogen and oxygen atoms in total. The number of hydrogen-bond acceptors (Lipinski definition) is 5. The first-order valence-corrected chi connectivity index (χ1v) is 9.48. The molecule has 29 heavy (non-hydrogen) atoms. The summed E-state index contributed by atoms with van der Waals surface area (Å²) in [5, 5.41) is 21.4. The molecule has 1 aliphatic heterocycles. The van der Waals surface area contributed by atoms with E-state index >= 15 is 0 Å². The Labute approximate surface area is 166 Å². The average molecular weight is 413 g/mol. The fraction of sp³-hybridized carbons (Fsp3) is 0.526. The number of likely N-dealkylation sites (tertiary alicyclic amines) is 1. The third-order valence-corrected chi connectivity index (χ3v) is 4.97. The zero-order chi connectivity index (χ0) is 21.6. The number of aliphatic hydroxyl groups is 1. The fourth-order valence-corrected chi connectivity index (χ4v) is 3.40. The monoisotopic (exact) mass is 413 g/mol. The van der Waals surface area contributed by atoms with Gasteiger partial charge < -0.3 is 15.3 Å². The van der Waals surface area contributed by atoms with E-state index in [1.165, 1.54) is 16.4 Å². The van der Waals surface area contributed by atoms with Gasteiger partial charge in [-0.1, -0.05) is 19.8 Å². The zero-order valence-electron chi connectivity index (χ0n) is 16.0. The van der Waals surface area contributed by atoms with Crippen molar-refractivity contribution in [3.05, 3.63) is 29.8 Å². The van der Waals surface area contributed by atoms with Crippen molar-refractivity contribution in [2.45, 2.75) is 51.2 Å². The number of unbranched alkanes of at least 4 members (excludes halogenated alkanes) is 1. The molecule has 0 aromatic heterocycles. The third-order valence-electron chi connectivity index (χ3n) is 4.97. The van der Waals surface area contributed by atoms with Crippen molar-refractivity contribution in [2.75, 3.05) is 11.9 Å². The molecule has 1 aliphatic rings. The lowest BCUT2D eigenvalue weighted by atomic mass is 9.93. The maximum absolute atomic E-state index is 13.4. The predicted molar refractivity (Wildman–Crippen MR) is 98.7 cm³/mol. The van der Waals surface area contributed by atoms with Gasteiger partial charge in [0.25, 0.3) is 5.91 Å². The Hall–Kier alpha value is -2.59. The largest absolute Gasteiger partial charge is 0.382 e. The molecule has 10 heteroatoms. The van der Waals surface area contributed by atoms with Crippen molar-refractivity contribution in [2.24, 2.45) is 5.92 Å². The quantitative estimate of drug-likeness (QED) is 0.381. The van der Waals surface area contributed by atoms with Crippen LogP contribution in [-0.2, 0) is 14.4 Å². The molecule has 3 atom stereocenters. The normalized spacial score (nSPS) is 18.2. The van der Waals surface area contributed by atoms with Crippen molar-refractivity contribution >= 4 is 23.4 Å². The van der Waals surface area contributed by atoms with Crippen LogP contribution in [0.25, 0.3) is 0 Å². The first-order valence-electron chi connectivity index (χ1n) is 9.48. The number of amides is 3. The molecule has 0 spiro atoms. The van der Waals surface area contributed by atoms with E-state index in [1.54, 1.807) is 0 Å². The van der Waals surface area contributed by atoms with Crippen LogP contribution in [0.5, 0.6) is 0 Å².